The van der Waals surface area contributed by atoms with Gasteiger partial charge in [0.25, 0.3) is 0 Å². The first-order valence-electron chi connectivity index (χ1n) is 5.73. The van der Waals surface area contributed by atoms with Gasteiger partial charge in [0.2, 0.25) is 11.0 Å². The van der Waals surface area contributed by atoms with Crippen LogP contribution in [0.2, 0.25) is 0 Å². The lowest BCUT2D eigenvalue weighted by atomic mass is 10.0. The highest BCUT2D eigenvalue weighted by atomic mass is 32.2. The second kappa shape index (κ2) is 4.69. The highest BCUT2D eigenvalue weighted by Gasteiger charge is 2.50. The Bertz CT molecular complexity index is 569. The summed E-state index contributed by atoms with van der Waals surface area (Å²) in [5.74, 6) is 0.467. The molecule has 0 unspecified atom stereocenters. The topological polar surface area (TPSA) is 92.1 Å². The third-order valence-electron chi connectivity index (χ3n) is 3.26. The van der Waals surface area contributed by atoms with Crippen molar-refractivity contribution >= 4 is 35.4 Å². The highest BCUT2D eigenvalue weighted by Crippen LogP contribution is 2.40. The van der Waals surface area contributed by atoms with Gasteiger partial charge >= 0.3 is 0 Å². The molecule has 2 aliphatic heterocycles. The maximum Gasteiger partial charge on any atom is 0.248 e. The number of nitrogens with one attached hydrogen (secondary N) is 1. The fourth-order valence-corrected chi connectivity index (χ4v) is 3.90. The number of hydrogen-bond donors (Lipinski definition) is 3. The smallest absolute Gasteiger partial charge is 0.248 e. The molecule has 3 heterocycles. The van der Waals surface area contributed by atoms with Gasteiger partial charge in [0.15, 0.2) is 0 Å². The Kier molecular flexibility index (Phi) is 3.15. The zero-order valence-electron chi connectivity index (χ0n) is 9.87. The van der Waals surface area contributed by atoms with Crippen LogP contribution in [-0.2, 0) is 16.0 Å². The van der Waals surface area contributed by atoms with Crippen LogP contribution in [-0.4, -0.2) is 43.3 Å². The monoisotopic (exact) mass is 296 g/mol. The summed E-state index contributed by atoms with van der Waals surface area (Å²) in [6.07, 6.45) is 4.05. The van der Waals surface area contributed by atoms with Crippen LogP contribution in [0.3, 0.4) is 0 Å². The molecular formula is C11H12N4O2S2. The van der Waals surface area contributed by atoms with Crippen LogP contribution in [0, 0.1) is 0 Å². The van der Waals surface area contributed by atoms with Crippen molar-refractivity contribution in [3.8, 4) is 0 Å². The van der Waals surface area contributed by atoms with Gasteiger partial charge in [-0.05, 0) is 17.6 Å². The molecule has 3 rings (SSSR count). The molecule has 1 aromatic rings. The van der Waals surface area contributed by atoms with Gasteiger partial charge in [0.05, 0.1) is 11.9 Å². The minimum absolute atomic E-state index is 0.133. The third kappa shape index (κ3) is 1.99. The van der Waals surface area contributed by atoms with Gasteiger partial charge in [-0.25, -0.2) is 0 Å². The van der Waals surface area contributed by atoms with E-state index in [1.165, 1.54) is 4.90 Å². The molecule has 2 aliphatic rings. The molecule has 0 aliphatic carbocycles. The molecule has 0 bridgehead atoms. The van der Waals surface area contributed by atoms with E-state index in [9.17, 15) is 9.59 Å². The summed E-state index contributed by atoms with van der Waals surface area (Å²) >= 11 is 5.47. The molecular weight excluding hydrogens is 284 g/mol. The van der Waals surface area contributed by atoms with Crippen molar-refractivity contribution in [3.05, 3.63) is 29.2 Å². The van der Waals surface area contributed by atoms with E-state index in [0.29, 0.717) is 17.9 Å². The molecule has 1 amide bonds. The van der Waals surface area contributed by atoms with Gasteiger partial charge in [0.1, 0.15) is 11.4 Å². The number of fused-ring (bicyclic) bond motifs is 1. The molecule has 1 saturated heterocycles. The van der Waals surface area contributed by atoms with Crippen LogP contribution in [0.4, 0.5) is 0 Å². The summed E-state index contributed by atoms with van der Waals surface area (Å²) < 4.78 is 0. The van der Waals surface area contributed by atoms with Crippen LogP contribution in [0.5, 0.6) is 0 Å². The Morgan fingerprint density at radius 1 is 1.68 bits per heavy atom. The number of aromatic amines is 1. The number of aromatic nitrogens is 2. The Morgan fingerprint density at radius 3 is 3.11 bits per heavy atom. The number of nitrogens with two attached hydrogens (primary N) is 1. The molecule has 3 N–H and O–H groups in total. The summed E-state index contributed by atoms with van der Waals surface area (Å²) in [7, 11) is 0. The lowest BCUT2D eigenvalue weighted by molar-refractivity contribution is -0.142. The van der Waals surface area contributed by atoms with E-state index in [0.717, 1.165) is 11.1 Å². The maximum atomic E-state index is 11.8. The fraction of sp³-hybridized carbons (Fsp3) is 0.364. The number of hydrogen-bond acceptors (Lipinski definition) is 5. The molecule has 2 atom stereocenters. The molecule has 6 nitrogen and oxygen atoms in total. The van der Waals surface area contributed by atoms with E-state index >= 15 is 0 Å². The predicted molar refractivity (Wildman–Crippen MR) is 74.4 cm³/mol. The van der Waals surface area contributed by atoms with E-state index in [4.69, 9.17) is 5.73 Å². The molecule has 1 fully saturated rings. The quantitative estimate of drug-likeness (QED) is 0.535. The molecule has 0 spiro atoms. The van der Waals surface area contributed by atoms with Crippen molar-refractivity contribution < 1.29 is 9.59 Å². The fourth-order valence-electron chi connectivity index (χ4n) is 2.34. The van der Waals surface area contributed by atoms with Crippen molar-refractivity contribution in [3.63, 3.8) is 0 Å². The first kappa shape index (κ1) is 12.8. The zero-order valence-corrected chi connectivity index (χ0v) is 11.6. The van der Waals surface area contributed by atoms with Crippen LogP contribution in [0.25, 0.3) is 0 Å². The summed E-state index contributed by atoms with van der Waals surface area (Å²) in [6, 6.07) is -0.511. The average Bonchev–Trinajstić information content (AvgIpc) is 2.89. The van der Waals surface area contributed by atoms with Crippen LogP contribution >= 0.6 is 24.4 Å². The van der Waals surface area contributed by atoms with Crippen molar-refractivity contribution in [2.75, 3.05) is 5.75 Å². The Hall–Kier alpha value is -1.25. The van der Waals surface area contributed by atoms with Gasteiger partial charge in [-0.15, -0.1) is 11.8 Å². The lowest BCUT2D eigenvalue weighted by Crippen LogP contribution is -2.68. The lowest BCUT2D eigenvalue weighted by Gasteiger charge is -2.48. The maximum absolute atomic E-state index is 11.8. The molecule has 0 saturated carbocycles. The average molecular weight is 296 g/mol. The van der Waals surface area contributed by atoms with Crippen LogP contribution < -0.4 is 5.73 Å². The second-order valence-corrected chi connectivity index (χ2v) is 5.99. The number of carbonyl (C=O) groups is 2. The molecule has 100 valence electrons. The zero-order chi connectivity index (χ0) is 13.6. The minimum Gasteiger partial charge on any atom is -0.317 e. The first-order valence-corrected chi connectivity index (χ1v) is 7.22. The molecule has 0 radical (unpaired) electrons. The van der Waals surface area contributed by atoms with Crippen molar-refractivity contribution in [2.45, 2.75) is 17.8 Å². The summed E-state index contributed by atoms with van der Waals surface area (Å²) in [4.78, 5) is 25.0. The third-order valence-corrected chi connectivity index (χ3v) is 4.84. The molecule has 19 heavy (non-hydrogen) atoms. The Morgan fingerprint density at radius 2 is 2.47 bits per heavy atom. The van der Waals surface area contributed by atoms with Crippen molar-refractivity contribution in [2.24, 2.45) is 5.73 Å². The van der Waals surface area contributed by atoms with Gasteiger partial charge in [-0.2, -0.15) is 5.10 Å². The van der Waals surface area contributed by atoms with Gasteiger partial charge < -0.3 is 5.73 Å². The number of thiol groups is 1. The summed E-state index contributed by atoms with van der Waals surface area (Å²) in [5.41, 5.74) is 7.99. The predicted octanol–water partition coefficient (Wildman–Crippen LogP) is -0.0949. The number of amides is 1. The van der Waals surface area contributed by atoms with E-state index in [-0.39, 0.29) is 16.4 Å². The number of rotatable bonds is 3. The standard InChI is InChI=1S/C11H12N4O2S2/c12-7-9(16)15-8(11(17)18)6(4-19-10(7)15)1-5-2-13-14-3-5/h2-3,7,10H,1,4,12H2,(H,13,14)(H,17,18)/t7-,10-/m1/s1. The minimum atomic E-state index is -0.511. The van der Waals surface area contributed by atoms with Crippen molar-refractivity contribution in [1.29, 1.82) is 0 Å². The van der Waals surface area contributed by atoms with E-state index in [1.54, 1.807) is 24.2 Å². The first-order chi connectivity index (χ1) is 9.09. The normalized spacial score (nSPS) is 26.2. The summed E-state index contributed by atoms with van der Waals surface area (Å²) in [5, 5.41) is 6.08. The second-order valence-electron chi connectivity index (χ2n) is 4.48. The van der Waals surface area contributed by atoms with Crippen LogP contribution in [0.15, 0.2) is 23.7 Å². The van der Waals surface area contributed by atoms with Gasteiger partial charge in [-0.3, -0.25) is 19.6 Å². The molecule has 1 aromatic heterocycles. The Balaban J connectivity index is 1.95. The SMILES string of the molecule is N[C@@H]1C(=O)N2C(C(=O)S)=C(Cc3cn[nH]c3)CS[C@H]12. The number of nitrogens with zero attached hydrogens (tertiary/aromatic N) is 2. The van der Waals surface area contributed by atoms with Crippen LogP contribution in [0.1, 0.15) is 5.56 Å². The van der Waals surface area contributed by atoms with E-state index < -0.39 is 6.04 Å². The number of H-pyrrole nitrogens is 1. The molecule has 8 heteroatoms. The Labute approximate surface area is 119 Å². The molecule has 0 aromatic carbocycles. The largest absolute Gasteiger partial charge is 0.317 e. The highest BCUT2D eigenvalue weighted by molar-refractivity contribution is 8.00. The van der Waals surface area contributed by atoms with E-state index in [1.807, 2.05) is 0 Å². The van der Waals surface area contributed by atoms with E-state index in [2.05, 4.69) is 22.8 Å². The van der Waals surface area contributed by atoms with Gasteiger partial charge in [-0.1, -0.05) is 12.6 Å². The number of thioether (sulfide) groups is 1. The summed E-state index contributed by atoms with van der Waals surface area (Å²) in [6.45, 7) is 0. The number of β-lactam (4-membered cyclic amide) rings is 1. The number of carbonyl (C=O) groups excluding carboxylic acids is 2. The van der Waals surface area contributed by atoms with Gasteiger partial charge in [0, 0.05) is 11.9 Å². The van der Waals surface area contributed by atoms with Crippen molar-refractivity contribution in [1.82, 2.24) is 15.1 Å².